The van der Waals surface area contributed by atoms with E-state index in [1.165, 1.54) is 5.69 Å². The number of fused-ring (bicyclic) bond motifs is 1. The molecule has 0 saturated carbocycles. The molecule has 2 aromatic heterocycles. The van der Waals surface area contributed by atoms with Gasteiger partial charge < -0.3 is 9.80 Å². The molecule has 0 spiro atoms. The van der Waals surface area contributed by atoms with Gasteiger partial charge in [-0.3, -0.25) is 4.40 Å². The molecule has 1 saturated heterocycles. The van der Waals surface area contributed by atoms with Gasteiger partial charge in [0.1, 0.15) is 4.32 Å². The molecule has 1 aliphatic rings. The smallest absolute Gasteiger partial charge is 0.233 e. The number of para-hydroxylation sites is 1. The predicted molar refractivity (Wildman–Crippen MR) is 107 cm³/mol. The molecule has 1 aliphatic heterocycles. The fraction of sp³-hybridized carbons (Fsp3) is 0.278. The molecule has 3 heterocycles. The lowest BCUT2D eigenvalue weighted by Gasteiger charge is -2.37. The van der Waals surface area contributed by atoms with Crippen molar-refractivity contribution in [1.82, 2.24) is 19.3 Å². The Balaban J connectivity index is 1.30. The van der Waals surface area contributed by atoms with Crippen LogP contribution in [0.4, 0.5) is 5.69 Å². The van der Waals surface area contributed by atoms with Crippen LogP contribution in [0, 0.1) is 0 Å². The van der Waals surface area contributed by atoms with Crippen LogP contribution in [0.25, 0.3) is 5.78 Å². The van der Waals surface area contributed by atoms with E-state index >= 15 is 0 Å². The quantitative estimate of drug-likeness (QED) is 0.661. The van der Waals surface area contributed by atoms with E-state index in [4.69, 9.17) is 12.2 Å². The second-order valence-corrected chi connectivity index (χ2v) is 7.53. The van der Waals surface area contributed by atoms with Crippen LogP contribution in [-0.4, -0.2) is 49.8 Å². The molecule has 4 rings (SSSR count). The Morgan fingerprint density at radius 1 is 1.08 bits per heavy atom. The van der Waals surface area contributed by atoms with Gasteiger partial charge in [-0.15, -0.1) is 0 Å². The Labute approximate surface area is 156 Å². The van der Waals surface area contributed by atoms with E-state index in [1.54, 1.807) is 18.0 Å². The molecule has 0 aliphatic carbocycles. The molecular formula is C18H19N5S2. The molecule has 0 bridgehead atoms. The molecule has 0 amide bonds. The van der Waals surface area contributed by atoms with Crippen LogP contribution in [0.3, 0.4) is 0 Å². The average Bonchev–Trinajstić information content (AvgIpc) is 3.10. The topological polar surface area (TPSA) is 36.7 Å². The van der Waals surface area contributed by atoms with Gasteiger partial charge >= 0.3 is 0 Å². The van der Waals surface area contributed by atoms with E-state index in [2.05, 4.69) is 50.1 Å². The van der Waals surface area contributed by atoms with Crippen molar-refractivity contribution in [2.24, 2.45) is 0 Å². The standard InChI is InChI=1S/C18H19N5S2/c24-18(25-14-15-13-23-8-4-7-19-17(23)20-15)22-11-9-21(10-12-22)16-5-2-1-3-6-16/h1-8,13H,9-12,14H2. The van der Waals surface area contributed by atoms with Gasteiger partial charge in [0, 0.05) is 56.2 Å². The number of hydrogen-bond acceptors (Lipinski definition) is 5. The monoisotopic (exact) mass is 369 g/mol. The van der Waals surface area contributed by atoms with Crippen molar-refractivity contribution in [3.63, 3.8) is 0 Å². The first-order valence-corrected chi connectivity index (χ1v) is 9.69. The highest BCUT2D eigenvalue weighted by Crippen LogP contribution is 2.20. The van der Waals surface area contributed by atoms with Gasteiger partial charge in [0.2, 0.25) is 5.78 Å². The number of rotatable bonds is 3. The molecule has 1 aromatic carbocycles. The van der Waals surface area contributed by atoms with E-state index in [1.807, 2.05) is 22.9 Å². The molecule has 0 radical (unpaired) electrons. The van der Waals surface area contributed by atoms with Gasteiger partial charge in [-0.2, -0.15) is 0 Å². The second kappa shape index (κ2) is 7.41. The lowest BCUT2D eigenvalue weighted by atomic mass is 10.2. The summed E-state index contributed by atoms with van der Waals surface area (Å²) in [5.41, 5.74) is 2.30. The summed E-state index contributed by atoms with van der Waals surface area (Å²) >= 11 is 7.31. The maximum absolute atomic E-state index is 5.63. The SMILES string of the molecule is S=C(SCc1cn2cccnc2n1)N1CCN(c2ccccc2)CC1. The second-order valence-electron chi connectivity index (χ2n) is 5.92. The van der Waals surface area contributed by atoms with Crippen molar-refractivity contribution in [2.75, 3.05) is 31.1 Å². The molecule has 0 unspecified atom stereocenters. The van der Waals surface area contributed by atoms with E-state index in [-0.39, 0.29) is 0 Å². The van der Waals surface area contributed by atoms with Crippen LogP contribution in [0.1, 0.15) is 5.69 Å². The highest BCUT2D eigenvalue weighted by atomic mass is 32.2. The summed E-state index contributed by atoms with van der Waals surface area (Å²) in [6.45, 7) is 3.94. The van der Waals surface area contributed by atoms with Gasteiger partial charge in [-0.1, -0.05) is 42.2 Å². The minimum Gasteiger partial charge on any atom is -0.368 e. The minimum atomic E-state index is 0.737. The first-order chi connectivity index (χ1) is 12.3. The third-order valence-electron chi connectivity index (χ3n) is 4.29. The molecular weight excluding hydrogens is 350 g/mol. The molecule has 0 N–H and O–H groups in total. The van der Waals surface area contributed by atoms with Crippen molar-refractivity contribution in [3.05, 3.63) is 60.7 Å². The van der Waals surface area contributed by atoms with Crippen LogP contribution in [-0.2, 0) is 5.75 Å². The third-order valence-corrected chi connectivity index (χ3v) is 5.85. The average molecular weight is 370 g/mol. The number of aromatic nitrogens is 3. The number of imidazole rings is 1. The molecule has 1 fully saturated rings. The highest BCUT2D eigenvalue weighted by Gasteiger charge is 2.19. The number of hydrogen-bond donors (Lipinski definition) is 0. The van der Waals surface area contributed by atoms with Gasteiger partial charge in [0.25, 0.3) is 0 Å². The van der Waals surface area contributed by atoms with Crippen molar-refractivity contribution < 1.29 is 0 Å². The van der Waals surface area contributed by atoms with Crippen LogP contribution in [0.2, 0.25) is 0 Å². The normalized spacial score (nSPS) is 14.9. The van der Waals surface area contributed by atoms with Crippen LogP contribution < -0.4 is 4.90 Å². The molecule has 3 aromatic rings. The summed E-state index contributed by atoms with van der Waals surface area (Å²) in [7, 11) is 0. The Hall–Kier alpha value is -2.12. The third kappa shape index (κ3) is 3.77. The Morgan fingerprint density at radius 3 is 2.64 bits per heavy atom. The number of nitrogens with zero attached hydrogens (tertiary/aromatic N) is 5. The number of piperazine rings is 1. The molecule has 25 heavy (non-hydrogen) atoms. The number of thioether (sulfide) groups is 1. The van der Waals surface area contributed by atoms with E-state index in [0.717, 1.165) is 47.7 Å². The lowest BCUT2D eigenvalue weighted by Crippen LogP contribution is -2.47. The van der Waals surface area contributed by atoms with Gasteiger partial charge in [-0.05, 0) is 18.2 Å². The van der Waals surface area contributed by atoms with Gasteiger partial charge in [0.15, 0.2) is 0 Å². The van der Waals surface area contributed by atoms with Crippen molar-refractivity contribution in [1.29, 1.82) is 0 Å². The van der Waals surface area contributed by atoms with E-state index in [0.29, 0.717) is 0 Å². The number of thiocarbonyl (C=S) groups is 1. The Bertz CT molecular complexity index is 823. The summed E-state index contributed by atoms with van der Waals surface area (Å²) < 4.78 is 2.90. The van der Waals surface area contributed by atoms with Crippen molar-refractivity contribution >= 4 is 39.8 Å². The molecule has 0 atom stereocenters. The predicted octanol–water partition coefficient (Wildman–Crippen LogP) is 3.07. The van der Waals surface area contributed by atoms with Crippen LogP contribution in [0.15, 0.2) is 55.0 Å². The lowest BCUT2D eigenvalue weighted by molar-refractivity contribution is 0.397. The van der Waals surface area contributed by atoms with Crippen LogP contribution in [0.5, 0.6) is 0 Å². The molecule has 128 valence electrons. The summed E-state index contributed by atoms with van der Waals surface area (Å²) in [5.74, 6) is 1.52. The first kappa shape index (κ1) is 16.4. The van der Waals surface area contributed by atoms with Crippen molar-refractivity contribution in [3.8, 4) is 0 Å². The zero-order valence-corrected chi connectivity index (χ0v) is 15.4. The largest absolute Gasteiger partial charge is 0.368 e. The molecule has 7 heteroatoms. The highest BCUT2D eigenvalue weighted by molar-refractivity contribution is 8.22. The first-order valence-electron chi connectivity index (χ1n) is 8.30. The zero-order chi connectivity index (χ0) is 17.1. The Morgan fingerprint density at radius 2 is 1.88 bits per heavy atom. The van der Waals surface area contributed by atoms with Crippen molar-refractivity contribution in [2.45, 2.75) is 5.75 Å². The maximum Gasteiger partial charge on any atom is 0.233 e. The number of anilines is 1. The maximum atomic E-state index is 5.63. The summed E-state index contributed by atoms with van der Waals surface area (Å²) in [6, 6.07) is 12.5. The number of benzene rings is 1. The van der Waals surface area contributed by atoms with E-state index < -0.39 is 0 Å². The van der Waals surface area contributed by atoms with Gasteiger partial charge in [0.05, 0.1) is 5.69 Å². The summed E-state index contributed by atoms with van der Waals surface area (Å²) in [6.07, 6.45) is 5.74. The zero-order valence-electron chi connectivity index (χ0n) is 13.8. The van der Waals surface area contributed by atoms with Gasteiger partial charge in [-0.25, -0.2) is 9.97 Å². The summed E-state index contributed by atoms with van der Waals surface area (Å²) in [5, 5.41) is 0. The summed E-state index contributed by atoms with van der Waals surface area (Å²) in [4.78, 5) is 13.5. The fourth-order valence-electron chi connectivity index (χ4n) is 2.96. The van der Waals surface area contributed by atoms with Crippen LogP contribution >= 0.6 is 24.0 Å². The fourth-order valence-corrected chi connectivity index (χ4v) is 4.10. The van der Waals surface area contributed by atoms with E-state index in [9.17, 15) is 0 Å². The molecule has 5 nitrogen and oxygen atoms in total. The Kier molecular flexibility index (Phi) is 4.85. The minimum absolute atomic E-state index is 0.737.